The summed E-state index contributed by atoms with van der Waals surface area (Å²) < 4.78 is 16.1. The molecular formula is C23H19Cl2NO4. The number of amides is 1. The number of benzene rings is 3. The largest absolute Gasteiger partial charge is 0.497 e. The molecule has 3 aromatic carbocycles. The van der Waals surface area contributed by atoms with Crippen LogP contribution in [0, 0.1) is 0 Å². The van der Waals surface area contributed by atoms with Gasteiger partial charge in [-0.1, -0.05) is 41.4 Å². The Bertz CT molecular complexity index is 1070. The highest BCUT2D eigenvalue weighted by molar-refractivity contribution is 6.36. The van der Waals surface area contributed by atoms with E-state index in [2.05, 4.69) is 0 Å². The standard InChI is InChI=1S/C23H19Cl2NO4/c1-28-18-6-2-15(3-7-18)12-26(23(27)19-8-5-17(24)11-20(19)25)13-16-4-9-21-22(10-16)30-14-29-21/h2-11H,12-14H2,1H3. The van der Waals surface area contributed by atoms with E-state index < -0.39 is 0 Å². The monoisotopic (exact) mass is 443 g/mol. The van der Waals surface area contributed by atoms with E-state index in [1.54, 1.807) is 30.2 Å². The summed E-state index contributed by atoms with van der Waals surface area (Å²) in [5.41, 5.74) is 2.29. The first-order valence-electron chi connectivity index (χ1n) is 9.29. The van der Waals surface area contributed by atoms with Gasteiger partial charge in [0.15, 0.2) is 11.5 Å². The van der Waals surface area contributed by atoms with Crippen molar-refractivity contribution < 1.29 is 19.0 Å². The molecule has 1 heterocycles. The van der Waals surface area contributed by atoms with E-state index in [0.717, 1.165) is 16.9 Å². The van der Waals surface area contributed by atoms with Crippen LogP contribution < -0.4 is 14.2 Å². The molecule has 0 saturated carbocycles. The third-order valence-electron chi connectivity index (χ3n) is 4.79. The second kappa shape index (κ2) is 8.86. The number of fused-ring (bicyclic) bond motifs is 1. The summed E-state index contributed by atoms with van der Waals surface area (Å²) >= 11 is 12.3. The third-order valence-corrected chi connectivity index (χ3v) is 5.34. The van der Waals surface area contributed by atoms with Crippen molar-refractivity contribution in [2.24, 2.45) is 0 Å². The van der Waals surface area contributed by atoms with Gasteiger partial charge in [0.25, 0.3) is 5.91 Å². The number of hydrogen-bond donors (Lipinski definition) is 0. The van der Waals surface area contributed by atoms with Gasteiger partial charge in [0.2, 0.25) is 6.79 Å². The molecule has 0 saturated heterocycles. The number of rotatable bonds is 6. The van der Waals surface area contributed by atoms with Crippen LogP contribution in [0.4, 0.5) is 0 Å². The molecule has 30 heavy (non-hydrogen) atoms. The Morgan fingerprint density at radius 3 is 2.37 bits per heavy atom. The Hall–Kier alpha value is -2.89. The molecule has 0 fully saturated rings. The van der Waals surface area contributed by atoms with Gasteiger partial charge < -0.3 is 19.1 Å². The zero-order valence-electron chi connectivity index (χ0n) is 16.2. The summed E-state index contributed by atoms with van der Waals surface area (Å²) in [4.78, 5) is 15.1. The van der Waals surface area contributed by atoms with Crippen LogP contribution in [0.15, 0.2) is 60.7 Å². The molecule has 0 N–H and O–H groups in total. The molecule has 0 aliphatic carbocycles. The number of methoxy groups -OCH3 is 1. The van der Waals surface area contributed by atoms with Crippen molar-refractivity contribution in [3.05, 3.63) is 87.4 Å². The minimum atomic E-state index is -0.190. The van der Waals surface area contributed by atoms with Crippen LogP contribution >= 0.6 is 23.2 Å². The van der Waals surface area contributed by atoms with Gasteiger partial charge in [0, 0.05) is 18.1 Å². The number of carbonyl (C=O) groups excluding carboxylic acids is 1. The van der Waals surface area contributed by atoms with E-state index in [1.165, 1.54) is 0 Å². The molecule has 0 spiro atoms. The first-order valence-corrected chi connectivity index (χ1v) is 10.0. The smallest absolute Gasteiger partial charge is 0.255 e. The first-order chi connectivity index (χ1) is 14.5. The van der Waals surface area contributed by atoms with Gasteiger partial charge in [-0.2, -0.15) is 0 Å². The van der Waals surface area contributed by atoms with Crippen LogP contribution in [-0.2, 0) is 13.1 Å². The molecule has 1 aliphatic heterocycles. The van der Waals surface area contributed by atoms with Crippen molar-refractivity contribution >= 4 is 29.1 Å². The fourth-order valence-corrected chi connectivity index (χ4v) is 3.73. The SMILES string of the molecule is COc1ccc(CN(Cc2ccc3c(c2)OCO3)C(=O)c2ccc(Cl)cc2Cl)cc1. The molecule has 5 nitrogen and oxygen atoms in total. The van der Waals surface area contributed by atoms with Crippen molar-refractivity contribution in [1.82, 2.24) is 4.90 Å². The number of carbonyl (C=O) groups is 1. The maximum absolute atomic E-state index is 13.4. The Morgan fingerprint density at radius 2 is 1.63 bits per heavy atom. The lowest BCUT2D eigenvalue weighted by Crippen LogP contribution is -2.30. The number of halogens is 2. The highest BCUT2D eigenvalue weighted by atomic mass is 35.5. The molecule has 0 unspecified atom stereocenters. The van der Waals surface area contributed by atoms with Crippen LogP contribution in [0.25, 0.3) is 0 Å². The Morgan fingerprint density at radius 1 is 0.933 bits per heavy atom. The highest BCUT2D eigenvalue weighted by Gasteiger charge is 2.21. The van der Waals surface area contributed by atoms with Gasteiger partial charge in [-0.25, -0.2) is 0 Å². The minimum absolute atomic E-state index is 0.190. The normalized spacial score (nSPS) is 12.0. The van der Waals surface area contributed by atoms with Gasteiger partial charge in [-0.15, -0.1) is 0 Å². The van der Waals surface area contributed by atoms with Crippen molar-refractivity contribution in [2.45, 2.75) is 13.1 Å². The Balaban J connectivity index is 1.63. The number of hydrogen-bond acceptors (Lipinski definition) is 4. The van der Waals surface area contributed by atoms with Crippen LogP contribution in [-0.4, -0.2) is 24.7 Å². The zero-order valence-corrected chi connectivity index (χ0v) is 17.7. The summed E-state index contributed by atoms with van der Waals surface area (Å²) in [6.07, 6.45) is 0. The summed E-state index contributed by atoms with van der Waals surface area (Å²) in [7, 11) is 1.62. The number of ether oxygens (including phenoxy) is 3. The molecule has 1 aliphatic rings. The Kier molecular flexibility index (Phi) is 6.02. The maximum atomic E-state index is 13.4. The average molecular weight is 444 g/mol. The first kappa shape index (κ1) is 20.4. The van der Waals surface area contributed by atoms with Gasteiger partial charge in [0.1, 0.15) is 5.75 Å². The van der Waals surface area contributed by atoms with Crippen molar-refractivity contribution in [1.29, 1.82) is 0 Å². The van der Waals surface area contributed by atoms with Gasteiger partial charge in [-0.05, 0) is 53.6 Å². The van der Waals surface area contributed by atoms with E-state index in [4.69, 9.17) is 37.4 Å². The summed E-state index contributed by atoms with van der Waals surface area (Å²) in [6, 6.07) is 18.1. The lowest BCUT2D eigenvalue weighted by Gasteiger charge is -2.24. The molecule has 4 rings (SSSR count). The lowest BCUT2D eigenvalue weighted by molar-refractivity contribution is 0.0730. The van der Waals surface area contributed by atoms with Crippen molar-refractivity contribution in [3.63, 3.8) is 0 Å². The average Bonchev–Trinajstić information content (AvgIpc) is 3.21. The quantitative estimate of drug-likeness (QED) is 0.499. The van der Waals surface area contributed by atoms with Crippen LogP contribution in [0.5, 0.6) is 17.2 Å². The second-order valence-corrected chi connectivity index (χ2v) is 7.66. The van der Waals surface area contributed by atoms with E-state index in [0.29, 0.717) is 40.2 Å². The third kappa shape index (κ3) is 4.48. The molecule has 3 aromatic rings. The molecule has 0 atom stereocenters. The van der Waals surface area contributed by atoms with Crippen LogP contribution in [0.2, 0.25) is 10.0 Å². The van der Waals surface area contributed by atoms with Gasteiger partial charge in [0.05, 0.1) is 17.7 Å². The predicted octanol–water partition coefficient (Wildman–Crippen LogP) is 5.57. The van der Waals surface area contributed by atoms with E-state index >= 15 is 0 Å². The van der Waals surface area contributed by atoms with E-state index in [9.17, 15) is 4.79 Å². The van der Waals surface area contributed by atoms with Gasteiger partial charge >= 0.3 is 0 Å². The predicted molar refractivity (Wildman–Crippen MR) is 116 cm³/mol. The topological polar surface area (TPSA) is 48.0 Å². The second-order valence-electron chi connectivity index (χ2n) is 6.82. The summed E-state index contributed by atoms with van der Waals surface area (Å²) in [5.74, 6) is 1.94. The minimum Gasteiger partial charge on any atom is -0.497 e. The van der Waals surface area contributed by atoms with Gasteiger partial charge in [-0.3, -0.25) is 4.79 Å². The summed E-state index contributed by atoms with van der Waals surface area (Å²) in [6.45, 7) is 0.977. The van der Waals surface area contributed by atoms with Crippen LogP contribution in [0.1, 0.15) is 21.5 Å². The molecule has 0 bridgehead atoms. The van der Waals surface area contributed by atoms with Crippen molar-refractivity contribution in [2.75, 3.05) is 13.9 Å². The zero-order chi connectivity index (χ0) is 21.1. The molecule has 0 radical (unpaired) electrons. The van der Waals surface area contributed by atoms with E-state index in [1.807, 2.05) is 42.5 Å². The lowest BCUT2D eigenvalue weighted by atomic mass is 10.1. The fourth-order valence-electron chi connectivity index (χ4n) is 3.24. The summed E-state index contributed by atoms with van der Waals surface area (Å²) in [5, 5.41) is 0.798. The molecule has 154 valence electrons. The van der Waals surface area contributed by atoms with Crippen molar-refractivity contribution in [3.8, 4) is 17.2 Å². The molecule has 0 aromatic heterocycles. The molecular weight excluding hydrogens is 425 g/mol. The molecule has 7 heteroatoms. The highest BCUT2D eigenvalue weighted by Crippen LogP contribution is 2.33. The van der Waals surface area contributed by atoms with E-state index in [-0.39, 0.29) is 12.7 Å². The number of nitrogens with zero attached hydrogens (tertiary/aromatic N) is 1. The fraction of sp³-hybridized carbons (Fsp3) is 0.174. The molecule has 1 amide bonds. The Labute approximate surface area is 184 Å². The maximum Gasteiger partial charge on any atom is 0.255 e. The van der Waals surface area contributed by atoms with Crippen LogP contribution in [0.3, 0.4) is 0 Å².